The van der Waals surface area contributed by atoms with E-state index in [9.17, 15) is 0 Å². The number of hydrogen-bond donors (Lipinski definition) is 0. The molecular weight excluding hydrogens is 2470 g/mol. The van der Waals surface area contributed by atoms with E-state index in [1.807, 2.05) is 177 Å². The molecule has 0 unspecified atom stereocenters. The molecule has 730 valence electrons. The minimum absolute atomic E-state index is 0. The molecule has 0 N–H and O–H groups in total. The Morgan fingerprint density at radius 2 is 0.497 bits per heavy atom. The summed E-state index contributed by atoms with van der Waals surface area (Å²) in [5.41, 5.74) is 28.9. The summed E-state index contributed by atoms with van der Waals surface area (Å²) in [5, 5.41) is 8.92. The summed E-state index contributed by atoms with van der Waals surface area (Å²) in [6.07, 6.45) is 19.5. The minimum atomic E-state index is 0. The van der Waals surface area contributed by atoms with Crippen molar-refractivity contribution in [2.75, 3.05) is 0 Å². The molecule has 4 radical (unpaired) electrons. The van der Waals surface area contributed by atoms with Gasteiger partial charge >= 0.3 is 0 Å². The van der Waals surface area contributed by atoms with Gasteiger partial charge in [0.05, 0.1) is 18.8 Å². The number of rotatable bonds is 8. The Morgan fingerprint density at radius 3 is 0.790 bits per heavy atom. The third-order valence-electron chi connectivity index (χ3n) is 23.5. The van der Waals surface area contributed by atoms with Crippen molar-refractivity contribution in [2.45, 2.75) is 152 Å². The molecule has 22 rings (SSSR count). The number of pyridine rings is 8. The average molecular weight is 2590 g/mol. The van der Waals surface area contributed by atoms with Gasteiger partial charge in [-0.2, -0.15) is 0 Å². The van der Waals surface area contributed by atoms with Gasteiger partial charge in [-0.1, -0.05) is 190 Å². The standard InChI is InChI=1S/C18H18NO.3C17H16NO.2C16H12N.C15H16N.C11H8N.4Ir/c1-12-11-15-16(20-12)9-10-19-17(15)13-5-7-14(8-6-13)18(2,3)4;3*1-17(2,3)13-6-4-12(5-7-13)16-14-9-11-19-15(14)8-10-18-16;2*1-12-6-8-14(9-7-12)16-15-5-3-2-4-13(15)10-11-17-16;1-15(2,3)13-9-7-12(8-10-13)14-6-4-5-11-16-14;1-2-6-10(7-3-1)11-8-4-5-9-12-11;;;;/h5,7-11H,1-4H3;3*4,6-11H,1-3H3;2*2-8,10-11H,1H3;4-7,9-11H,1-3H3;1-6,8-9H;;;;/q8*-1;;;;. The van der Waals surface area contributed by atoms with Gasteiger partial charge in [-0.25, -0.2) is 0 Å². The molecule has 0 atom stereocenters. The van der Waals surface area contributed by atoms with Gasteiger partial charge in [-0.3, -0.25) is 0 Å². The maximum Gasteiger partial charge on any atom is 0.128 e. The van der Waals surface area contributed by atoms with Gasteiger partial charge in [0.15, 0.2) is 0 Å². The first-order chi connectivity index (χ1) is 66.8. The Morgan fingerprint density at radius 1 is 0.217 bits per heavy atom. The smallest absolute Gasteiger partial charge is 0.128 e. The Bertz CT molecular complexity index is 7260. The van der Waals surface area contributed by atoms with Crippen LogP contribution in [-0.4, -0.2) is 39.9 Å². The Labute approximate surface area is 896 Å². The Hall–Kier alpha value is -13.3. The average Bonchev–Trinajstić information content (AvgIpc) is 1.71. The van der Waals surface area contributed by atoms with Crippen molar-refractivity contribution in [1.29, 1.82) is 0 Å². The van der Waals surface area contributed by atoms with Crippen molar-refractivity contribution < 1.29 is 98.1 Å². The number of nitrogens with zero attached hydrogens (tertiary/aromatic N) is 8. The van der Waals surface area contributed by atoms with Gasteiger partial charge in [-0.05, 0) is 174 Å². The summed E-state index contributed by atoms with van der Waals surface area (Å²) in [5.74, 6) is 0.903. The minimum Gasteiger partial charge on any atom is -0.465 e. The molecule has 0 saturated heterocycles. The number of hydrogen-bond acceptors (Lipinski definition) is 12. The second kappa shape index (κ2) is 50.1. The van der Waals surface area contributed by atoms with Crippen LogP contribution in [0.3, 0.4) is 0 Å². The summed E-state index contributed by atoms with van der Waals surface area (Å²) in [7, 11) is 0. The summed E-state index contributed by atoms with van der Waals surface area (Å²) < 4.78 is 21.9. The summed E-state index contributed by atoms with van der Waals surface area (Å²) in [6.45, 7) is 39.1. The van der Waals surface area contributed by atoms with Gasteiger partial charge in [0.25, 0.3) is 0 Å². The van der Waals surface area contributed by atoms with Crippen LogP contribution >= 0.6 is 0 Å². The van der Waals surface area contributed by atoms with Crippen molar-refractivity contribution in [1.82, 2.24) is 39.9 Å². The van der Waals surface area contributed by atoms with E-state index in [2.05, 4.69) is 346 Å². The van der Waals surface area contributed by atoms with Crippen LogP contribution in [-0.2, 0) is 107 Å². The molecule has 22 aromatic rings. The largest absolute Gasteiger partial charge is 0.465 e. The van der Waals surface area contributed by atoms with Crippen molar-refractivity contribution >= 4 is 65.4 Å². The third kappa shape index (κ3) is 29.0. The normalized spacial score (nSPS) is 11.1. The first kappa shape index (κ1) is 110. The van der Waals surface area contributed by atoms with E-state index in [1.165, 1.54) is 60.5 Å². The molecule has 12 heterocycles. The second-order valence-electron chi connectivity index (χ2n) is 39.1. The zero-order chi connectivity index (χ0) is 97.9. The van der Waals surface area contributed by atoms with Crippen LogP contribution in [0.25, 0.3) is 155 Å². The van der Waals surface area contributed by atoms with Gasteiger partial charge in [0.1, 0.15) is 28.1 Å². The molecule has 10 aromatic carbocycles. The fourth-order valence-corrected chi connectivity index (χ4v) is 15.4. The molecule has 0 aliphatic heterocycles. The van der Waals surface area contributed by atoms with E-state index in [0.717, 1.165) is 140 Å². The van der Waals surface area contributed by atoms with Crippen LogP contribution in [0, 0.1) is 69.3 Å². The van der Waals surface area contributed by atoms with Crippen molar-refractivity contribution in [3.05, 3.63) is 459 Å². The van der Waals surface area contributed by atoms with Crippen molar-refractivity contribution in [3.8, 4) is 90.1 Å². The first-order valence-corrected chi connectivity index (χ1v) is 46.7. The van der Waals surface area contributed by atoms with Crippen LogP contribution in [0.1, 0.15) is 149 Å². The maximum atomic E-state index is 5.65. The molecule has 12 aromatic heterocycles. The molecule has 0 amide bonds. The molecule has 0 bridgehead atoms. The molecule has 0 aliphatic carbocycles. The molecule has 12 nitrogen and oxygen atoms in total. The predicted molar refractivity (Wildman–Crippen MR) is 570 cm³/mol. The summed E-state index contributed by atoms with van der Waals surface area (Å²) in [4.78, 5) is 35.3. The number of benzene rings is 10. The van der Waals surface area contributed by atoms with Crippen LogP contribution in [0.2, 0.25) is 0 Å². The third-order valence-corrected chi connectivity index (χ3v) is 23.5. The number of aryl methyl sites for hydroxylation is 3. The van der Waals surface area contributed by atoms with Gasteiger partial charge < -0.3 is 57.5 Å². The van der Waals surface area contributed by atoms with E-state index in [0.29, 0.717) is 0 Å². The summed E-state index contributed by atoms with van der Waals surface area (Å²) >= 11 is 0. The van der Waals surface area contributed by atoms with E-state index < -0.39 is 0 Å². The van der Waals surface area contributed by atoms with Crippen LogP contribution in [0.5, 0.6) is 0 Å². The second-order valence-corrected chi connectivity index (χ2v) is 39.1. The van der Waals surface area contributed by atoms with Crippen molar-refractivity contribution in [3.63, 3.8) is 0 Å². The molecule has 0 aliphatic rings. The molecule has 0 spiro atoms. The van der Waals surface area contributed by atoms with E-state index >= 15 is 0 Å². The predicted octanol–water partition coefficient (Wildman–Crippen LogP) is 33.1. The zero-order valence-corrected chi connectivity index (χ0v) is 93.3. The van der Waals surface area contributed by atoms with E-state index in [4.69, 9.17) is 17.7 Å². The van der Waals surface area contributed by atoms with Gasteiger partial charge in [0, 0.05) is 152 Å². The van der Waals surface area contributed by atoms with Crippen LogP contribution < -0.4 is 0 Å². The van der Waals surface area contributed by atoms with Gasteiger partial charge in [-0.15, -0.1) is 284 Å². The fraction of sp³-hybridized carbons (Fsp3) is 0.181. The first-order valence-electron chi connectivity index (χ1n) is 46.7. The monoisotopic (exact) mass is 2590 g/mol. The zero-order valence-electron chi connectivity index (χ0n) is 83.7. The van der Waals surface area contributed by atoms with E-state index in [1.54, 1.807) is 56.0 Å². The van der Waals surface area contributed by atoms with Crippen molar-refractivity contribution in [2.24, 2.45) is 0 Å². The van der Waals surface area contributed by atoms with Gasteiger partial charge in [0.2, 0.25) is 0 Å². The molecule has 16 heteroatoms. The topological polar surface area (TPSA) is 156 Å². The van der Waals surface area contributed by atoms with E-state index in [-0.39, 0.29) is 107 Å². The quantitative estimate of drug-likeness (QED) is 0.133. The van der Waals surface area contributed by atoms with Crippen LogP contribution in [0.4, 0.5) is 0 Å². The molecule has 0 saturated carbocycles. The number of furan rings is 4. The molecular formula is C127H114Ir4N8O4-8. The Kier molecular flexibility index (Phi) is 38.5. The maximum absolute atomic E-state index is 5.65. The number of fused-ring (bicyclic) bond motifs is 6. The number of aromatic nitrogens is 8. The van der Waals surface area contributed by atoms with Crippen LogP contribution in [0.15, 0.2) is 383 Å². The SMILES string of the molecule is CC(C)(C)c1c[c-]c(-c2ccccn2)cc1.CC(C)(C)c1c[c-]c(-c2nccc3occc23)cc1.CC(C)(C)c1c[c-]c(-c2nccc3occc23)cc1.CC(C)(C)c1c[c-]c(-c2nccc3occc23)cc1.Cc1c[c-]c(-c2nccc3ccccc23)cc1.Cc1c[c-]c(-c2nccc3ccccc23)cc1.Cc1cc2c(-c3[c-]cc(C(C)(C)C)cc3)nccc2o1.[Ir].[Ir].[Ir].[Ir].[c-]1ccccc1-c1ccccn1. The Balaban J connectivity index is 0.000000156. The fourth-order valence-electron chi connectivity index (χ4n) is 15.4. The molecule has 0 fully saturated rings. The molecule has 143 heavy (non-hydrogen) atoms. The summed E-state index contributed by atoms with van der Waals surface area (Å²) in [6, 6.07) is 126.